The molecule has 1 atom stereocenters. The fourth-order valence-corrected chi connectivity index (χ4v) is 1.70. The first-order valence-electron chi connectivity index (χ1n) is 5.85. The fourth-order valence-electron chi connectivity index (χ4n) is 1.70. The number of hydrazine groups is 1. The number of nitrogens with one attached hydrogen (secondary N) is 2. The van der Waals surface area contributed by atoms with Crippen molar-refractivity contribution in [2.75, 3.05) is 24.5 Å². The van der Waals surface area contributed by atoms with Gasteiger partial charge in [-0.3, -0.25) is 10.1 Å². The monoisotopic (exact) mass is 270 g/mol. The van der Waals surface area contributed by atoms with Gasteiger partial charge in [-0.05, 0) is 6.42 Å². The van der Waals surface area contributed by atoms with Crippen LogP contribution in [0.3, 0.4) is 0 Å². The van der Waals surface area contributed by atoms with Gasteiger partial charge >= 0.3 is 5.69 Å². The summed E-state index contributed by atoms with van der Waals surface area (Å²) >= 11 is 0. The average Bonchev–Trinajstić information content (AvgIpc) is 2.38. The van der Waals surface area contributed by atoms with Gasteiger partial charge in [0.2, 0.25) is 11.6 Å². The summed E-state index contributed by atoms with van der Waals surface area (Å²) < 4.78 is 5.07. The number of nitrogens with zero attached hydrogens (tertiary/aromatic N) is 3. The molecule has 19 heavy (non-hydrogen) atoms. The van der Waals surface area contributed by atoms with Crippen LogP contribution in [0.1, 0.15) is 19.8 Å². The van der Waals surface area contributed by atoms with E-state index >= 15 is 0 Å². The maximum absolute atomic E-state index is 11.1. The molecule has 1 heterocycles. The highest BCUT2D eigenvalue weighted by Gasteiger charge is 2.24. The Hall–Kier alpha value is -2.00. The Morgan fingerprint density at radius 1 is 1.53 bits per heavy atom. The predicted molar refractivity (Wildman–Crippen MR) is 70.7 cm³/mol. The zero-order valence-corrected chi connectivity index (χ0v) is 10.9. The first-order valence-corrected chi connectivity index (χ1v) is 5.85. The SMILES string of the molecule is CCCC(COC)Nc1ncnc(NN)c1[N+](=O)[O-]. The molecule has 106 valence electrons. The molecule has 1 rings (SSSR count). The van der Waals surface area contributed by atoms with Gasteiger partial charge in [0.1, 0.15) is 6.33 Å². The van der Waals surface area contributed by atoms with Crippen molar-refractivity contribution in [1.82, 2.24) is 9.97 Å². The highest BCUT2D eigenvalue weighted by atomic mass is 16.6. The molecule has 0 saturated heterocycles. The van der Waals surface area contributed by atoms with Crippen molar-refractivity contribution in [2.24, 2.45) is 5.84 Å². The lowest BCUT2D eigenvalue weighted by molar-refractivity contribution is -0.383. The van der Waals surface area contributed by atoms with Gasteiger partial charge in [-0.1, -0.05) is 13.3 Å². The Morgan fingerprint density at radius 2 is 2.21 bits per heavy atom. The standard InChI is InChI=1S/C10H18N6O3/c1-3-4-7(5-19-2)14-9-8(16(17)18)10(15-11)13-6-12-9/h6-7H,3-5,11H2,1-2H3,(H2,12,13,14,15). The fraction of sp³-hybridized carbons (Fsp3) is 0.600. The maximum Gasteiger partial charge on any atom is 0.354 e. The molecule has 4 N–H and O–H groups in total. The highest BCUT2D eigenvalue weighted by molar-refractivity contribution is 5.69. The van der Waals surface area contributed by atoms with Gasteiger partial charge in [-0.15, -0.1) is 0 Å². The van der Waals surface area contributed by atoms with Crippen molar-refractivity contribution in [3.05, 3.63) is 16.4 Å². The van der Waals surface area contributed by atoms with E-state index in [0.717, 1.165) is 12.8 Å². The van der Waals surface area contributed by atoms with E-state index in [4.69, 9.17) is 10.6 Å². The zero-order chi connectivity index (χ0) is 14.3. The van der Waals surface area contributed by atoms with E-state index in [9.17, 15) is 10.1 Å². The molecule has 1 unspecified atom stereocenters. The molecule has 0 aliphatic carbocycles. The van der Waals surface area contributed by atoms with E-state index in [1.165, 1.54) is 6.33 Å². The van der Waals surface area contributed by atoms with Crippen LogP contribution >= 0.6 is 0 Å². The molecular weight excluding hydrogens is 252 g/mol. The minimum Gasteiger partial charge on any atom is -0.383 e. The van der Waals surface area contributed by atoms with Crippen LogP contribution in [0.5, 0.6) is 0 Å². The van der Waals surface area contributed by atoms with Crippen LogP contribution in [0.2, 0.25) is 0 Å². The molecule has 0 aliphatic heterocycles. The van der Waals surface area contributed by atoms with Crippen LogP contribution in [0, 0.1) is 10.1 Å². The van der Waals surface area contributed by atoms with Crippen molar-refractivity contribution in [1.29, 1.82) is 0 Å². The van der Waals surface area contributed by atoms with Gasteiger partial charge < -0.3 is 15.5 Å². The number of ether oxygens (including phenoxy) is 1. The van der Waals surface area contributed by atoms with Gasteiger partial charge in [-0.25, -0.2) is 15.8 Å². The van der Waals surface area contributed by atoms with Gasteiger partial charge in [0.25, 0.3) is 0 Å². The zero-order valence-electron chi connectivity index (χ0n) is 10.9. The van der Waals surface area contributed by atoms with Crippen molar-refractivity contribution in [3.63, 3.8) is 0 Å². The molecular formula is C10H18N6O3. The van der Waals surface area contributed by atoms with E-state index in [-0.39, 0.29) is 23.4 Å². The van der Waals surface area contributed by atoms with Crippen molar-refractivity contribution in [3.8, 4) is 0 Å². The molecule has 9 heteroatoms. The third-order valence-corrected chi connectivity index (χ3v) is 2.49. The smallest absolute Gasteiger partial charge is 0.354 e. The Kier molecular flexibility index (Phi) is 5.90. The number of rotatable bonds is 8. The van der Waals surface area contributed by atoms with Gasteiger partial charge in [0.05, 0.1) is 17.6 Å². The minimum absolute atomic E-state index is 0.0323. The molecule has 0 spiro atoms. The molecule has 0 fully saturated rings. The number of nitrogens with two attached hydrogens (primary N) is 1. The van der Waals surface area contributed by atoms with E-state index < -0.39 is 4.92 Å². The van der Waals surface area contributed by atoms with Gasteiger partial charge in [0, 0.05) is 7.11 Å². The normalized spacial score (nSPS) is 11.9. The van der Waals surface area contributed by atoms with Crippen molar-refractivity contribution in [2.45, 2.75) is 25.8 Å². The first-order chi connectivity index (χ1) is 9.13. The summed E-state index contributed by atoms with van der Waals surface area (Å²) in [7, 11) is 1.57. The third-order valence-electron chi connectivity index (χ3n) is 2.49. The first kappa shape index (κ1) is 15.1. The topological polar surface area (TPSA) is 128 Å². The summed E-state index contributed by atoms with van der Waals surface area (Å²) in [5, 5.41) is 14.0. The molecule has 0 radical (unpaired) electrons. The largest absolute Gasteiger partial charge is 0.383 e. The second-order valence-corrected chi connectivity index (χ2v) is 3.91. The Labute approximate surface area is 110 Å². The summed E-state index contributed by atoms with van der Waals surface area (Å²) in [4.78, 5) is 18.1. The predicted octanol–water partition coefficient (Wildman–Crippen LogP) is 0.897. The van der Waals surface area contributed by atoms with E-state index in [1.54, 1.807) is 7.11 Å². The molecule has 0 aliphatic rings. The lowest BCUT2D eigenvalue weighted by Gasteiger charge is -2.17. The number of aromatic nitrogens is 2. The minimum atomic E-state index is -0.576. The summed E-state index contributed by atoms with van der Waals surface area (Å²) in [6.45, 7) is 2.45. The van der Waals surface area contributed by atoms with E-state index in [1.807, 2.05) is 6.92 Å². The number of nitrogen functional groups attached to an aromatic ring is 1. The summed E-state index contributed by atoms with van der Waals surface area (Å²) in [6.07, 6.45) is 2.93. The number of nitro groups is 1. The van der Waals surface area contributed by atoms with Gasteiger partial charge in [-0.2, -0.15) is 0 Å². The van der Waals surface area contributed by atoms with Crippen molar-refractivity contribution < 1.29 is 9.66 Å². The highest BCUT2D eigenvalue weighted by Crippen LogP contribution is 2.28. The van der Waals surface area contributed by atoms with Crippen LogP contribution in [-0.2, 0) is 4.74 Å². The number of anilines is 2. The van der Waals surface area contributed by atoms with Crippen LogP contribution < -0.4 is 16.6 Å². The second-order valence-electron chi connectivity index (χ2n) is 3.91. The second kappa shape index (κ2) is 7.44. The van der Waals surface area contributed by atoms with Crippen LogP contribution in [0.4, 0.5) is 17.3 Å². The molecule has 1 aromatic rings. The Morgan fingerprint density at radius 3 is 2.74 bits per heavy atom. The van der Waals surface area contributed by atoms with E-state index in [2.05, 4.69) is 20.7 Å². The Bertz CT molecular complexity index is 422. The number of methoxy groups -OCH3 is 1. The average molecular weight is 270 g/mol. The lowest BCUT2D eigenvalue weighted by Crippen LogP contribution is -2.26. The molecule has 9 nitrogen and oxygen atoms in total. The summed E-state index contributed by atoms with van der Waals surface area (Å²) in [5.41, 5.74) is 1.91. The molecule has 0 aromatic carbocycles. The summed E-state index contributed by atoms with van der Waals surface area (Å²) in [6, 6.07) is -0.0609. The van der Waals surface area contributed by atoms with Crippen molar-refractivity contribution >= 4 is 17.3 Å². The number of hydrogen-bond donors (Lipinski definition) is 3. The summed E-state index contributed by atoms with van der Waals surface area (Å²) in [5.74, 6) is 5.30. The molecule has 1 aromatic heterocycles. The Balaban J connectivity index is 3.01. The number of hydrogen-bond acceptors (Lipinski definition) is 8. The van der Waals surface area contributed by atoms with Gasteiger partial charge in [0.15, 0.2) is 0 Å². The third kappa shape index (κ3) is 4.00. The van der Waals surface area contributed by atoms with Crippen LogP contribution in [0.15, 0.2) is 6.33 Å². The molecule has 0 amide bonds. The van der Waals surface area contributed by atoms with Crippen LogP contribution in [0.25, 0.3) is 0 Å². The van der Waals surface area contributed by atoms with E-state index in [0.29, 0.717) is 6.61 Å². The maximum atomic E-state index is 11.1. The van der Waals surface area contributed by atoms with Crippen LogP contribution in [-0.4, -0.2) is 34.6 Å². The lowest BCUT2D eigenvalue weighted by atomic mass is 10.2. The molecule has 0 saturated carbocycles. The quantitative estimate of drug-likeness (QED) is 0.361. The molecule has 0 bridgehead atoms.